The first-order chi connectivity index (χ1) is 11.0. The molecule has 1 unspecified atom stereocenters. The summed E-state index contributed by atoms with van der Waals surface area (Å²) in [6.45, 7) is 8.73. The normalized spacial score (nSPS) is 20.8. The molecule has 0 spiro atoms. The van der Waals surface area contributed by atoms with E-state index in [2.05, 4.69) is 17.6 Å². The van der Waals surface area contributed by atoms with Crippen LogP contribution < -0.4 is 15.5 Å². The first-order valence-corrected chi connectivity index (χ1v) is 8.42. The number of hydrogen-bond acceptors (Lipinski definition) is 2. The fraction of sp³-hybridized carbons (Fsp3) is 0.556. The van der Waals surface area contributed by atoms with Gasteiger partial charge in [-0.25, -0.2) is 0 Å². The number of carbonyl (C=O) groups is 2. The first kappa shape index (κ1) is 17.5. The average Bonchev–Trinajstić information content (AvgIpc) is 2.49. The number of hydrogen-bond donors (Lipinski definition) is 3. The topological polar surface area (TPSA) is 62.6 Å². The number of rotatable bonds is 5. The van der Waals surface area contributed by atoms with Crippen molar-refractivity contribution in [3.05, 3.63) is 29.3 Å². The molecular formula is C18H28N3O2+. The van der Waals surface area contributed by atoms with E-state index < -0.39 is 0 Å². The SMILES string of the molecule is Cc1cccc(C)c1NC(=O)CNC(=O)C[NH+]1CCC[C@@H](C)C1. The number of para-hydroxylation sites is 1. The van der Waals surface area contributed by atoms with E-state index in [4.69, 9.17) is 0 Å². The van der Waals surface area contributed by atoms with E-state index in [0.717, 1.165) is 29.9 Å². The van der Waals surface area contributed by atoms with E-state index in [0.29, 0.717) is 12.5 Å². The molecule has 1 saturated heterocycles. The fourth-order valence-corrected chi connectivity index (χ4v) is 3.22. The zero-order chi connectivity index (χ0) is 16.8. The number of piperidine rings is 1. The fourth-order valence-electron chi connectivity index (χ4n) is 3.22. The maximum atomic E-state index is 12.0. The van der Waals surface area contributed by atoms with Crippen LogP contribution in [0.5, 0.6) is 0 Å². The molecule has 1 aromatic rings. The molecule has 1 fully saturated rings. The van der Waals surface area contributed by atoms with Gasteiger partial charge in [0.25, 0.3) is 5.91 Å². The number of anilines is 1. The molecule has 2 rings (SSSR count). The van der Waals surface area contributed by atoms with Crippen LogP contribution in [0.25, 0.3) is 0 Å². The molecule has 0 bridgehead atoms. The highest BCUT2D eigenvalue weighted by molar-refractivity contribution is 5.95. The molecule has 2 atom stereocenters. The molecule has 3 N–H and O–H groups in total. The van der Waals surface area contributed by atoms with Crippen molar-refractivity contribution in [3.63, 3.8) is 0 Å². The predicted octanol–water partition coefficient (Wildman–Crippen LogP) is 0.673. The van der Waals surface area contributed by atoms with Crippen molar-refractivity contribution >= 4 is 17.5 Å². The molecule has 1 aliphatic heterocycles. The third-order valence-corrected chi connectivity index (χ3v) is 4.47. The van der Waals surface area contributed by atoms with Crippen molar-refractivity contribution in [2.24, 2.45) is 5.92 Å². The highest BCUT2D eigenvalue weighted by Gasteiger charge is 2.22. The molecule has 2 amide bonds. The lowest BCUT2D eigenvalue weighted by molar-refractivity contribution is -0.900. The van der Waals surface area contributed by atoms with Crippen LogP contribution in [0.1, 0.15) is 30.9 Å². The quantitative estimate of drug-likeness (QED) is 0.747. The molecule has 0 aromatic heterocycles. The van der Waals surface area contributed by atoms with Gasteiger partial charge in [-0.1, -0.05) is 25.1 Å². The van der Waals surface area contributed by atoms with Gasteiger partial charge in [0, 0.05) is 11.6 Å². The van der Waals surface area contributed by atoms with E-state index >= 15 is 0 Å². The third kappa shape index (κ3) is 5.36. The molecule has 0 radical (unpaired) electrons. The summed E-state index contributed by atoms with van der Waals surface area (Å²) >= 11 is 0. The zero-order valence-corrected chi connectivity index (χ0v) is 14.4. The van der Waals surface area contributed by atoms with Crippen LogP contribution in [-0.2, 0) is 9.59 Å². The number of aryl methyl sites for hydroxylation is 2. The Morgan fingerprint density at radius 2 is 1.91 bits per heavy atom. The zero-order valence-electron chi connectivity index (χ0n) is 14.4. The summed E-state index contributed by atoms with van der Waals surface area (Å²) in [5.41, 5.74) is 2.88. The molecule has 5 heteroatoms. The molecule has 1 aliphatic rings. The maximum Gasteiger partial charge on any atom is 0.275 e. The summed E-state index contributed by atoms with van der Waals surface area (Å²) in [5.74, 6) is 0.447. The Hall–Kier alpha value is -1.88. The van der Waals surface area contributed by atoms with E-state index in [1.54, 1.807) is 0 Å². The van der Waals surface area contributed by atoms with E-state index in [1.165, 1.54) is 17.7 Å². The number of quaternary nitrogens is 1. The van der Waals surface area contributed by atoms with Crippen LogP contribution >= 0.6 is 0 Å². The van der Waals surface area contributed by atoms with Gasteiger partial charge in [-0.05, 0) is 37.8 Å². The third-order valence-electron chi connectivity index (χ3n) is 4.47. The van der Waals surface area contributed by atoms with E-state index in [-0.39, 0.29) is 18.4 Å². The Kier molecular flexibility index (Phi) is 6.16. The van der Waals surface area contributed by atoms with Crippen molar-refractivity contribution in [1.82, 2.24) is 5.32 Å². The highest BCUT2D eigenvalue weighted by Crippen LogP contribution is 2.18. The summed E-state index contributed by atoms with van der Waals surface area (Å²) in [4.78, 5) is 25.3. The predicted molar refractivity (Wildman–Crippen MR) is 91.5 cm³/mol. The van der Waals surface area contributed by atoms with Gasteiger partial charge < -0.3 is 15.5 Å². The summed E-state index contributed by atoms with van der Waals surface area (Å²) < 4.78 is 0. The number of carbonyl (C=O) groups excluding carboxylic acids is 2. The monoisotopic (exact) mass is 318 g/mol. The van der Waals surface area contributed by atoms with Gasteiger partial charge in [-0.3, -0.25) is 9.59 Å². The van der Waals surface area contributed by atoms with Crippen LogP contribution in [0.4, 0.5) is 5.69 Å². The lowest BCUT2D eigenvalue weighted by Crippen LogP contribution is -3.14. The second-order valence-corrected chi connectivity index (χ2v) is 6.72. The van der Waals surface area contributed by atoms with Gasteiger partial charge in [-0.2, -0.15) is 0 Å². The lowest BCUT2D eigenvalue weighted by Gasteiger charge is -2.27. The molecule has 1 heterocycles. The summed E-state index contributed by atoms with van der Waals surface area (Å²) in [7, 11) is 0. The van der Waals surface area contributed by atoms with Crippen LogP contribution in [-0.4, -0.2) is 38.0 Å². The van der Waals surface area contributed by atoms with Crippen molar-refractivity contribution in [3.8, 4) is 0 Å². The van der Waals surface area contributed by atoms with Crippen LogP contribution in [0, 0.1) is 19.8 Å². The van der Waals surface area contributed by atoms with Crippen molar-refractivity contribution in [2.75, 3.05) is 31.5 Å². The highest BCUT2D eigenvalue weighted by atomic mass is 16.2. The number of benzene rings is 1. The molecule has 0 saturated carbocycles. The van der Waals surface area contributed by atoms with Gasteiger partial charge in [-0.15, -0.1) is 0 Å². The second kappa shape index (κ2) is 8.11. The Bertz CT molecular complexity index is 551. The number of likely N-dealkylation sites (tertiary alicyclic amines) is 1. The first-order valence-electron chi connectivity index (χ1n) is 8.42. The second-order valence-electron chi connectivity index (χ2n) is 6.72. The maximum absolute atomic E-state index is 12.0. The summed E-state index contributed by atoms with van der Waals surface area (Å²) in [5, 5.41) is 5.62. The van der Waals surface area contributed by atoms with Gasteiger partial charge in [0.2, 0.25) is 5.91 Å². The molecule has 5 nitrogen and oxygen atoms in total. The standard InChI is InChI=1S/C18H27N3O2/c1-13-6-5-9-21(11-13)12-17(23)19-10-16(22)20-18-14(2)7-4-8-15(18)3/h4,7-8,13H,5-6,9-12H2,1-3H3,(H,19,23)(H,20,22)/p+1/t13-/m1/s1. The molecule has 126 valence electrons. The number of nitrogens with one attached hydrogen (secondary N) is 3. The number of amides is 2. The molecular weight excluding hydrogens is 290 g/mol. The van der Waals surface area contributed by atoms with Crippen LogP contribution in [0.2, 0.25) is 0 Å². The van der Waals surface area contributed by atoms with E-state index in [9.17, 15) is 9.59 Å². The average molecular weight is 318 g/mol. The van der Waals surface area contributed by atoms with E-state index in [1.807, 2.05) is 32.0 Å². The van der Waals surface area contributed by atoms with Gasteiger partial charge in [0.1, 0.15) is 0 Å². The van der Waals surface area contributed by atoms with Crippen molar-refractivity contribution in [1.29, 1.82) is 0 Å². The van der Waals surface area contributed by atoms with Crippen molar-refractivity contribution in [2.45, 2.75) is 33.6 Å². The largest absolute Gasteiger partial charge is 0.342 e. The summed E-state index contributed by atoms with van der Waals surface area (Å²) in [6, 6.07) is 5.88. The van der Waals surface area contributed by atoms with Crippen molar-refractivity contribution < 1.29 is 14.5 Å². The lowest BCUT2D eigenvalue weighted by atomic mass is 10.0. The van der Waals surface area contributed by atoms with Gasteiger partial charge in [0.15, 0.2) is 6.54 Å². The Labute approximate surface area is 138 Å². The van der Waals surface area contributed by atoms with Gasteiger partial charge in [0.05, 0.1) is 19.6 Å². The minimum atomic E-state index is -0.183. The Morgan fingerprint density at radius 1 is 1.22 bits per heavy atom. The smallest absolute Gasteiger partial charge is 0.275 e. The van der Waals surface area contributed by atoms with Crippen LogP contribution in [0.15, 0.2) is 18.2 Å². The Morgan fingerprint density at radius 3 is 2.57 bits per heavy atom. The summed E-state index contributed by atoms with van der Waals surface area (Å²) in [6.07, 6.45) is 2.43. The minimum Gasteiger partial charge on any atom is -0.342 e. The van der Waals surface area contributed by atoms with Crippen LogP contribution in [0.3, 0.4) is 0 Å². The van der Waals surface area contributed by atoms with Gasteiger partial charge >= 0.3 is 0 Å². The minimum absolute atomic E-state index is 0.0233. The molecule has 1 aromatic carbocycles. The molecule has 23 heavy (non-hydrogen) atoms. The Balaban J connectivity index is 1.76. The molecule has 0 aliphatic carbocycles.